The van der Waals surface area contributed by atoms with Crippen LogP contribution in [-0.2, 0) is 4.74 Å². The number of nitrogens with one attached hydrogen (secondary N) is 1. The predicted molar refractivity (Wildman–Crippen MR) is 68.8 cm³/mol. The van der Waals surface area contributed by atoms with Crippen LogP contribution in [0.4, 0.5) is 11.4 Å². The Morgan fingerprint density at radius 2 is 2.21 bits per heavy atom. The molecule has 0 aromatic heterocycles. The summed E-state index contributed by atoms with van der Waals surface area (Å²) in [5.41, 5.74) is 5.88. The van der Waals surface area contributed by atoms with Gasteiger partial charge in [0.15, 0.2) is 0 Å². The van der Waals surface area contributed by atoms with Gasteiger partial charge in [-0.2, -0.15) is 0 Å². The van der Waals surface area contributed by atoms with Gasteiger partial charge in [-0.3, -0.25) is 14.9 Å². The molecule has 0 bridgehead atoms. The second-order valence-corrected chi connectivity index (χ2v) is 4.53. The average Bonchev–Trinajstić information content (AvgIpc) is 2.33. The normalized spacial score (nSPS) is 21.5. The van der Waals surface area contributed by atoms with Crippen molar-refractivity contribution in [1.82, 2.24) is 5.32 Å². The van der Waals surface area contributed by atoms with Crippen molar-refractivity contribution in [2.45, 2.75) is 25.0 Å². The predicted octanol–water partition coefficient (Wildman–Crippen LogP) is 1.08. The van der Waals surface area contributed by atoms with Crippen LogP contribution in [0.5, 0.6) is 0 Å². The molecule has 19 heavy (non-hydrogen) atoms. The summed E-state index contributed by atoms with van der Waals surface area (Å²) in [4.78, 5) is 22.1. The lowest BCUT2D eigenvalue weighted by molar-refractivity contribution is -0.384. The molecule has 2 rings (SSSR count). The molecule has 1 aliphatic carbocycles. The van der Waals surface area contributed by atoms with E-state index >= 15 is 0 Å². The number of nitrogen functional groups attached to an aromatic ring is 1. The van der Waals surface area contributed by atoms with E-state index in [0.717, 1.165) is 12.8 Å². The zero-order valence-corrected chi connectivity index (χ0v) is 10.5. The molecular formula is C12H15N3O4. The van der Waals surface area contributed by atoms with E-state index in [2.05, 4.69) is 5.32 Å². The highest BCUT2D eigenvalue weighted by Gasteiger charge is 2.30. The van der Waals surface area contributed by atoms with Crippen molar-refractivity contribution < 1.29 is 14.5 Å². The first kappa shape index (κ1) is 13.3. The Morgan fingerprint density at radius 1 is 1.53 bits per heavy atom. The lowest BCUT2D eigenvalue weighted by atomic mass is 9.89. The third-order valence-electron chi connectivity index (χ3n) is 3.26. The Balaban J connectivity index is 2.06. The van der Waals surface area contributed by atoms with Gasteiger partial charge < -0.3 is 15.8 Å². The van der Waals surface area contributed by atoms with Crippen molar-refractivity contribution in [3.05, 3.63) is 33.9 Å². The highest BCUT2D eigenvalue weighted by molar-refractivity contribution is 6.00. The van der Waals surface area contributed by atoms with Gasteiger partial charge in [-0.25, -0.2) is 0 Å². The fourth-order valence-corrected chi connectivity index (χ4v) is 1.99. The zero-order valence-electron chi connectivity index (χ0n) is 10.5. The van der Waals surface area contributed by atoms with Crippen molar-refractivity contribution in [3.8, 4) is 0 Å². The van der Waals surface area contributed by atoms with Gasteiger partial charge in [0.1, 0.15) is 0 Å². The SMILES string of the molecule is COC1CC(NC(=O)c2cc([N+](=O)[O-])ccc2N)C1. The van der Waals surface area contributed by atoms with E-state index in [4.69, 9.17) is 10.5 Å². The molecule has 102 valence electrons. The molecule has 7 nitrogen and oxygen atoms in total. The summed E-state index contributed by atoms with van der Waals surface area (Å²) < 4.78 is 5.11. The second kappa shape index (κ2) is 5.23. The van der Waals surface area contributed by atoms with E-state index in [1.165, 1.54) is 18.2 Å². The number of hydrogen-bond donors (Lipinski definition) is 2. The highest BCUT2D eigenvalue weighted by atomic mass is 16.6. The number of anilines is 1. The van der Waals surface area contributed by atoms with Crippen LogP contribution in [0.1, 0.15) is 23.2 Å². The smallest absolute Gasteiger partial charge is 0.270 e. The third kappa shape index (κ3) is 2.82. The zero-order chi connectivity index (χ0) is 14.0. The van der Waals surface area contributed by atoms with Crippen LogP contribution in [0.15, 0.2) is 18.2 Å². The summed E-state index contributed by atoms with van der Waals surface area (Å²) in [6.45, 7) is 0. The number of carbonyl (C=O) groups excluding carboxylic acids is 1. The van der Waals surface area contributed by atoms with E-state index in [0.29, 0.717) is 0 Å². The van der Waals surface area contributed by atoms with Gasteiger partial charge in [-0.15, -0.1) is 0 Å². The molecule has 1 aliphatic rings. The molecule has 0 unspecified atom stereocenters. The van der Waals surface area contributed by atoms with Gasteiger partial charge in [0.2, 0.25) is 0 Å². The molecule has 0 aliphatic heterocycles. The Kier molecular flexibility index (Phi) is 3.66. The maximum absolute atomic E-state index is 12.0. The van der Waals surface area contributed by atoms with E-state index < -0.39 is 4.92 Å². The first-order valence-electron chi connectivity index (χ1n) is 5.89. The maximum Gasteiger partial charge on any atom is 0.270 e. The standard InChI is InChI=1S/C12H15N3O4/c1-19-9-4-7(5-9)14-12(16)10-6-8(15(17)18)2-3-11(10)13/h2-3,6-7,9H,4-5,13H2,1H3,(H,14,16). The van der Waals surface area contributed by atoms with E-state index in [1.807, 2.05) is 0 Å². The third-order valence-corrected chi connectivity index (χ3v) is 3.26. The molecule has 1 amide bonds. The number of ether oxygens (including phenoxy) is 1. The van der Waals surface area contributed by atoms with Gasteiger partial charge in [0.25, 0.3) is 11.6 Å². The van der Waals surface area contributed by atoms with Gasteiger partial charge in [-0.1, -0.05) is 0 Å². The minimum absolute atomic E-state index is 0.0381. The summed E-state index contributed by atoms with van der Waals surface area (Å²) in [5, 5.41) is 13.5. The van der Waals surface area contributed by atoms with E-state index in [1.54, 1.807) is 7.11 Å². The molecule has 0 atom stereocenters. The van der Waals surface area contributed by atoms with Gasteiger partial charge in [-0.05, 0) is 18.9 Å². The monoisotopic (exact) mass is 265 g/mol. The molecule has 7 heteroatoms. The number of non-ortho nitro benzene ring substituents is 1. The number of methoxy groups -OCH3 is 1. The summed E-state index contributed by atoms with van der Waals surface area (Å²) in [5.74, 6) is -0.388. The molecule has 3 N–H and O–H groups in total. The molecule has 0 saturated heterocycles. The van der Waals surface area contributed by atoms with E-state index in [-0.39, 0.29) is 35.0 Å². The van der Waals surface area contributed by atoms with Crippen LogP contribution in [0.3, 0.4) is 0 Å². The first-order valence-corrected chi connectivity index (χ1v) is 5.89. The summed E-state index contributed by atoms with van der Waals surface area (Å²) in [6.07, 6.45) is 1.67. The topological polar surface area (TPSA) is 107 Å². The Morgan fingerprint density at radius 3 is 2.79 bits per heavy atom. The van der Waals surface area contributed by atoms with Crippen molar-refractivity contribution in [1.29, 1.82) is 0 Å². The molecule has 0 radical (unpaired) electrons. The maximum atomic E-state index is 12.0. The number of amides is 1. The van der Waals surface area contributed by atoms with Crippen molar-refractivity contribution in [2.75, 3.05) is 12.8 Å². The summed E-state index contributed by atoms with van der Waals surface area (Å²) in [7, 11) is 1.63. The summed E-state index contributed by atoms with van der Waals surface area (Å²) in [6, 6.07) is 3.87. The first-order chi connectivity index (χ1) is 9.01. The quantitative estimate of drug-likeness (QED) is 0.481. The van der Waals surface area contributed by atoms with Crippen LogP contribution >= 0.6 is 0 Å². The van der Waals surface area contributed by atoms with Crippen LogP contribution in [0.25, 0.3) is 0 Å². The molecule has 1 aromatic carbocycles. The molecule has 1 fully saturated rings. The number of nitro benzene ring substituents is 1. The highest BCUT2D eigenvalue weighted by Crippen LogP contribution is 2.24. The number of nitro groups is 1. The molecule has 0 heterocycles. The minimum atomic E-state index is -0.555. The lowest BCUT2D eigenvalue weighted by Crippen LogP contribution is -2.47. The fraction of sp³-hybridized carbons (Fsp3) is 0.417. The fourth-order valence-electron chi connectivity index (χ4n) is 1.99. The van der Waals surface area contributed by atoms with Crippen LogP contribution in [0, 0.1) is 10.1 Å². The van der Waals surface area contributed by atoms with Crippen LogP contribution < -0.4 is 11.1 Å². The molecular weight excluding hydrogens is 250 g/mol. The summed E-state index contributed by atoms with van der Waals surface area (Å²) >= 11 is 0. The Hall–Kier alpha value is -2.15. The molecule has 1 saturated carbocycles. The average molecular weight is 265 g/mol. The number of benzene rings is 1. The van der Waals surface area contributed by atoms with Crippen molar-refractivity contribution in [2.24, 2.45) is 0 Å². The van der Waals surface area contributed by atoms with Gasteiger partial charge in [0.05, 0.1) is 16.6 Å². The number of nitrogens with zero attached hydrogens (tertiary/aromatic N) is 1. The largest absolute Gasteiger partial charge is 0.398 e. The number of rotatable bonds is 4. The Labute approximate surface area is 109 Å². The van der Waals surface area contributed by atoms with Crippen molar-refractivity contribution >= 4 is 17.3 Å². The van der Waals surface area contributed by atoms with Crippen molar-refractivity contribution in [3.63, 3.8) is 0 Å². The lowest BCUT2D eigenvalue weighted by Gasteiger charge is -2.34. The number of carbonyl (C=O) groups is 1. The minimum Gasteiger partial charge on any atom is -0.398 e. The van der Waals surface area contributed by atoms with Gasteiger partial charge >= 0.3 is 0 Å². The Bertz CT molecular complexity index is 512. The number of nitrogens with two attached hydrogens (primary N) is 1. The molecule has 0 spiro atoms. The van der Waals surface area contributed by atoms with Gasteiger partial charge in [0, 0.05) is 31.0 Å². The van der Waals surface area contributed by atoms with Crippen LogP contribution in [-0.4, -0.2) is 30.1 Å². The molecule has 1 aromatic rings. The van der Waals surface area contributed by atoms with E-state index in [9.17, 15) is 14.9 Å². The second-order valence-electron chi connectivity index (χ2n) is 4.53. The number of hydrogen-bond acceptors (Lipinski definition) is 5. The van der Waals surface area contributed by atoms with Crippen LogP contribution in [0.2, 0.25) is 0 Å².